The predicted molar refractivity (Wildman–Crippen MR) is 90.4 cm³/mol. The molecule has 2 aromatic rings. The largest absolute Gasteiger partial charge is 0.396 e. The number of aromatic nitrogens is 2. The monoisotopic (exact) mass is 318 g/mol. The van der Waals surface area contributed by atoms with Crippen LogP contribution in [0.3, 0.4) is 0 Å². The van der Waals surface area contributed by atoms with Gasteiger partial charge in [0.1, 0.15) is 5.82 Å². The highest BCUT2D eigenvalue weighted by atomic mass is 32.1. The van der Waals surface area contributed by atoms with Crippen LogP contribution in [0.2, 0.25) is 0 Å². The third-order valence-electron chi connectivity index (χ3n) is 4.10. The molecule has 1 saturated heterocycles. The number of nitrogens with zero attached hydrogens (tertiary/aromatic N) is 3. The van der Waals surface area contributed by atoms with Gasteiger partial charge in [-0.25, -0.2) is 9.97 Å². The number of hydrogen-bond donors (Lipinski definition) is 2. The lowest BCUT2D eigenvalue weighted by atomic mass is 9.98. The zero-order valence-corrected chi connectivity index (χ0v) is 13.6. The standard InChI is InChI=1S/C16H22N4OS/c1-12-19-14(11-22-12)8-17-16-3-2-15(9-18-16)20-6-4-13(10-21)5-7-20/h2-3,9,11,13,21H,4-8,10H2,1H3,(H,17,18). The smallest absolute Gasteiger partial charge is 0.126 e. The maximum atomic E-state index is 9.20. The van der Waals surface area contributed by atoms with E-state index in [1.165, 1.54) is 0 Å². The van der Waals surface area contributed by atoms with Gasteiger partial charge in [-0.2, -0.15) is 0 Å². The van der Waals surface area contributed by atoms with Gasteiger partial charge in [0.15, 0.2) is 0 Å². The molecular formula is C16H22N4OS. The lowest BCUT2D eigenvalue weighted by molar-refractivity contribution is 0.203. The highest BCUT2D eigenvalue weighted by Crippen LogP contribution is 2.23. The zero-order valence-electron chi connectivity index (χ0n) is 12.8. The SMILES string of the molecule is Cc1nc(CNc2ccc(N3CCC(CO)CC3)cn2)cs1. The second kappa shape index (κ2) is 7.07. The summed E-state index contributed by atoms with van der Waals surface area (Å²) in [6, 6.07) is 4.13. The fourth-order valence-electron chi connectivity index (χ4n) is 2.72. The van der Waals surface area contributed by atoms with E-state index in [2.05, 4.69) is 31.6 Å². The topological polar surface area (TPSA) is 61.3 Å². The van der Waals surface area contributed by atoms with E-state index in [-0.39, 0.29) is 0 Å². The lowest BCUT2D eigenvalue weighted by Crippen LogP contribution is -2.34. The van der Waals surface area contributed by atoms with E-state index >= 15 is 0 Å². The number of piperidine rings is 1. The molecule has 0 spiro atoms. The molecule has 6 heteroatoms. The highest BCUT2D eigenvalue weighted by molar-refractivity contribution is 7.09. The van der Waals surface area contributed by atoms with Gasteiger partial charge in [-0.1, -0.05) is 0 Å². The van der Waals surface area contributed by atoms with Gasteiger partial charge in [0.05, 0.1) is 29.1 Å². The molecule has 0 aromatic carbocycles. The summed E-state index contributed by atoms with van der Waals surface area (Å²) in [6.45, 7) is 5.03. The quantitative estimate of drug-likeness (QED) is 0.887. The Balaban J connectivity index is 1.54. The summed E-state index contributed by atoms with van der Waals surface area (Å²) in [6.07, 6.45) is 4.03. The fraction of sp³-hybridized carbons (Fsp3) is 0.500. The minimum absolute atomic E-state index is 0.311. The number of aliphatic hydroxyl groups is 1. The van der Waals surface area contributed by atoms with Gasteiger partial charge in [0, 0.05) is 25.1 Å². The minimum atomic E-state index is 0.311. The summed E-state index contributed by atoms with van der Waals surface area (Å²) >= 11 is 1.67. The number of pyridine rings is 1. The average molecular weight is 318 g/mol. The van der Waals surface area contributed by atoms with Crippen molar-refractivity contribution >= 4 is 22.8 Å². The Morgan fingerprint density at radius 1 is 1.36 bits per heavy atom. The lowest BCUT2D eigenvalue weighted by Gasteiger charge is -2.32. The van der Waals surface area contributed by atoms with Gasteiger partial charge in [-0.05, 0) is 37.8 Å². The normalized spacial score (nSPS) is 16.0. The van der Waals surface area contributed by atoms with Crippen molar-refractivity contribution in [2.24, 2.45) is 5.92 Å². The first-order valence-electron chi connectivity index (χ1n) is 7.71. The van der Waals surface area contributed by atoms with Crippen LogP contribution in [-0.4, -0.2) is 34.8 Å². The summed E-state index contributed by atoms with van der Waals surface area (Å²) in [7, 11) is 0. The van der Waals surface area contributed by atoms with Crippen LogP contribution < -0.4 is 10.2 Å². The predicted octanol–water partition coefficient (Wildman–Crippen LogP) is 2.67. The van der Waals surface area contributed by atoms with Crippen LogP contribution in [0.1, 0.15) is 23.5 Å². The number of rotatable bonds is 5. The first-order chi connectivity index (χ1) is 10.7. The van der Waals surface area contributed by atoms with E-state index in [1.54, 1.807) is 11.3 Å². The Morgan fingerprint density at radius 2 is 2.18 bits per heavy atom. The van der Waals surface area contributed by atoms with Crippen molar-refractivity contribution in [3.63, 3.8) is 0 Å². The van der Waals surface area contributed by atoms with Gasteiger partial charge < -0.3 is 15.3 Å². The molecule has 0 saturated carbocycles. The van der Waals surface area contributed by atoms with Crippen LogP contribution in [0.25, 0.3) is 0 Å². The molecule has 22 heavy (non-hydrogen) atoms. The summed E-state index contributed by atoms with van der Waals surface area (Å²) in [5.74, 6) is 1.34. The van der Waals surface area contributed by atoms with Crippen molar-refractivity contribution in [1.82, 2.24) is 9.97 Å². The fourth-order valence-corrected chi connectivity index (χ4v) is 3.33. The third kappa shape index (κ3) is 3.75. The number of thiazole rings is 1. The molecule has 1 aliphatic heterocycles. The molecule has 118 valence electrons. The van der Waals surface area contributed by atoms with Crippen LogP contribution >= 0.6 is 11.3 Å². The Hall–Kier alpha value is -1.66. The molecule has 1 aliphatic rings. The van der Waals surface area contributed by atoms with Gasteiger partial charge >= 0.3 is 0 Å². The Bertz CT molecular complexity index is 590. The second-order valence-corrected chi connectivity index (χ2v) is 6.79. The van der Waals surface area contributed by atoms with Gasteiger partial charge in [0.25, 0.3) is 0 Å². The average Bonchev–Trinajstić information content (AvgIpc) is 2.99. The van der Waals surface area contributed by atoms with Crippen LogP contribution in [0.4, 0.5) is 11.5 Å². The maximum Gasteiger partial charge on any atom is 0.126 e. The van der Waals surface area contributed by atoms with Crippen LogP contribution in [0.15, 0.2) is 23.7 Å². The van der Waals surface area contributed by atoms with E-state index in [0.717, 1.165) is 48.1 Å². The molecule has 2 N–H and O–H groups in total. The van der Waals surface area contributed by atoms with Crippen LogP contribution in [0.5, 0.6) is 0 Å². The number of anilines is 2. The summed E-state index contributed by atoms with van der Waals surface area (Å²) < 4.78 is 0. The molecule has 0 bridgehead atoms. The number of aliphatic hydroxyl groups excluding tert-OH is 1. The molecule has 0 unspecified atom stereocenters. The second-order valence-electron chi connectivity index (χ2n) is 5.73. The molecule has 3 rings (SSSR count). The van der Waals surface area contributed by atoms with Crippen LogP contribution in [-0.2, 0) is 6.54 Å². The van der Waals surface area contributed by atoms with Gasteiger partial charge in [0.2, 0.25) is 0 Å². The summed E-state index contributed by atoms with van der Waals surface area (Å²) in [5.41, 5.74) is 2.21. The third-order valence-corrected chi connectivity index (χ3v) is 4.93. The zero-order chi connectivity index (χ0) is 15.4. The molecule has 2 aromatic heterocycles. The molecule has 0 atom stereocenters. The van der Waals surface area contributed by atoms with Crippen molar-refractivity contribution in [2.45, 2.75) is 26.3 Å². The van der Waals surface area contributed by atoms with E-state index in [4.69, 9.17) is 0 Å². The molecular weight excluding hydrogens is 296 g/mol. The number of aryl methyl sites for hydroxylation is 1. The number of nitrogens with one attached hydrogen (secondary N) is 1. The van der Waals surface area contributed by atoms with Crippen LogP contribution in [0, 0.1) is 12.8 Å². The Kier molecular flexibility index (Phi) is 4.90. The van der Waals surface area contributed by atoms with Gasteiger partial charge in [-0.15, -0.1) is 11.3 Å². The van der Waals surface area contributed by atoms with E-state index in [1.807, 2.05) is 19.2 Å². The maximum absolute atomic E-state index is 9.20. The molecule has 1 fully saturated rings. The van der Waals surface area contributed by atoms with Crippen molar-refractivity contribution in [3.8, 4) is 0 Å². The van der Waals surface area contributed by atoms with E-state index < -0.39 is 0 Å². The summed E-state index contributed by atoms with van der Waals surface area (Å²) in [5, 5.41) is 15.7. The first-order valence-corrected chi connectivity index (χ1v) is 8.59. The molecule has 3 heterocycles. The van der Waals surface area contributed by atoms with Gasteiger partial charge in [-0.3, -0.25) is 0 Å². The highest BCUT2D eigenvalue weighted by Gasteiger charge is 2.18. The Labute approximate surface area is 135 Å². The van der Waals surface area contributed by atoms with Crippen molar-refractivity contribution in [2.75, 3.05) is 29.9 Å². The van der Waals surface area contributed by atoms with Crippen molar-refractivity contribution < 1.29 is 5.11 Å². The molecule has 0 amide bonds. The molecule has 0 aliphatic carbocycles. The van der Waals surface area contributed by atoms with E-state index in [9.17, 15) is 5.11 Å². The van der Waals surface area contributed by atoms with E-state index in [0.29, 0.717) is 19.1 Å². The minimum Gasteiger partial charge on any atom is -0.396 e. The Morgan fingerprint density at radius 3 is 2.77 bits per heavy atom. The number of hydrogen-bond acceptors (Lipinski definition) is 6. The summed E-state index contributed by atoms with van der Waals surface area (Å²) in [4.78, 5) is 11.3. The van der Waals surface area contributed by atoms with Crippen molar-refractivity contribution in [1.29, 1.82) is 0 Å². The first kappa shape index (κ1) is 15.2. The molecule has 5 nitrogen and oxygen atoms in total. The molecule has 0 radical (unpaired) electrons. The van der Waals surface area contributed by atoms with Crippen molar-refractivity contribution in [3.05, 3.63) is 34.4 Å².